The molecule has 0 spiro atoms. The fraction of sp³-hybridized carbons (Fsp3) is 0.333. The van der Waals surface area contributed by atoms with E-state index in [4.69, 9.17) is 5.26 Å². The first kappa shape index (κ1) is 6.90. The minimum absolute atomic E-state index is 0.604. The Bertz CT molecular complexity index is 148. The van der Waals surface area contributed by atoms with E-state index < -0.39 is 0 Å². The minimum atomic E-state index is 0.604. The molecule has 0 aliphatic heterocycles. The number of hydrogen-bond acceptors (Lipinski definition) is 2. The zero-order chi connectivity index (χ0) is 6.41. The average molecular weight is 108 g/mol. The number of nitrogens with zero attached hydrogens (tertiary/aromatic N) is 2. The average Bonchev–Trinajstić information content (AvgIpc) is 1.83. The lowest BCUT2D eigenvalue weighted by Crippen LogP contribution is -1.76. The van der Waals surface area contributed by atoms with Gasteiger partial charge in [-0.3, -0.25) is 4.99 Å². The fourth-order valence-electron chi connectivity index (χ4n) is 0.307. The largest absolute Gasteiger partial charge is 0.295 e. The SMILES string of the molecule is C/C=C(/C#N)C=NC. The first-order valence-corrected chi connectivity index (χ1v) is 2.33. The van der Waals surface area contributed by atoms with Crippen LogP contribution in [0, 0.1) is 11.3 Å². The minimum Gasteiger partial charge on any atom is -0.295 e. The van der Waals surface area contributed by atoms with Crippen LogP contribution in [0.2, 0.25) is 0 Å². The zero-order valence-electron chi connectivity index (χ0n) is 5.05. The second kappa shape index (κ2) is 4.07. The third-order valence-corrected chi connectivity index (χ3v) is 0.708. The molecule has 42 valence electrons. The highest BCUT2D eigenvalue weighted by Crippen LogP contribution is 1.83. The Morgan fingerprint density at radius 1 is 1.75 bits per heavy atom. The predicted octanol–water partition coefficient (Wildman–Crippen LogP) is 1.16. The molecule has 0 fully saturated rings. The van der Waals surface area contributed by atoms with E-state index >= 15 is 0 Å². The molecule has 0 unspecified atom stereocenters. The van der Waals surface area contributed by atoms with Crippen molar-refractivity contribution in [3.05, 3.63) is 11.6 Å². The van der Waals surface area contributed by atoms with Crippen LogP contribution in [0.25, 0.3) is 0 Å². The summed E-state index contributed by atoms with van der Waals surface area (Å²) in [4.78, 5) is 3.66. The summed E-state index contributed by atoms with van der Waals surface area (Å²) in [7, 11) is 1.64. The first-order chi connectivity index (χ1) is 3.85. The number of hydrogen-bond donors (Lipinski definition) is 0. The van der Waals surface area contributed by atoms with E-state index in [-0.39, 0.29) is 0 Å². The van der Waals surface area contributed by atoms with Crippen molar-refractivity contribution in [2.24, 2.45) is 4.99 Å². The Balaban J connectivity index is 3.98. The molecule has 0 bridgehead atoms. The van der Waals surface area contributed by atoms with Gasteiger partial charge in [0.25, 0.3) is 0 Å². The summed E-state index contributed by atoms with van der Waals surface area (Å²) >= 11 is 0. The van der Waals surface area contributed by atoms with Gasteiger partial charge < -0.3 is 0 Å². The number of aliphatic imine (C=N–C) groups is 1. The predicted molar refractivity (Wildman–Crippen MR) is 33.8 cm³/mol. The van der Waals surface area contributed by atoms with Crippen LogP contribution in [0.1, 0.15) is 6.92 Å². The van der Waals surface area contributed by atoms with Gasteiger partial charge in [-0.05, 0) is 6.92 Å². The quantitative estimate of drug-likeness (QED) is 0.366. The van der Waals surface area contributed by atoms with Gasteiger partial charge in [0.15, 0.2) is 0 Å². The highest BCUT2D eigenvalue weighted by molar-refractivity contribution is 5.83. The van der Waals surface area contributed by atoms with E-state index in [1.807, 2.05) is 6.07 Å². The van der Waals surface area contributed by atoms with Crippen LogP contribution in [0.5, 0.6) is 0 Å². The van der Waals surface area contributed by atoms with Crippen LogP contribution in [-0.2, 0) is 0 Å². The molecule has 0 heterocycles. The molecule has 2 nitrogen and oxygen atoms in total. The van der Waals surface area contributed by atoms with E-state index in [2.05, 4.69) is 4.99 Å². The van der Waals surface area contributed by atoms with E-state index in [9.17, 15) is 0 Å². The maximum Gasteiger partial charge on any atom is 0.100 e. The number of allylic oxidation sites excluding steroid dienone is 2. The summed E-state index contributed by atoms with van der Waals surface area (Å²) in [6.07, 6.45) is 3.24. The van der Waals surface area contributed by atoms with Crippen LogP contribution in [-0.4, -0.2) is 13.3 Å². The molecule has 0 atom stereocenters. The Kier molecular flexibility index (Phi) is 3.51. The van der Waals surface area contributed by atoms with Crippen molar-refractivity contribution in [1.29, 1.82) is 5.26 Å². The summed E-state index contributed by atoms with van der Waals surface area (Å²) in [5.74, 6) is 0. The number of rotatable bonds is 1. The highest BCUT2D eigenvalue weighted by Gasteiger charge is 1.80. The lowest BCUT2D eigenvalue weighted by molar-refractivity contribution is 1.45. The van der Waals surface area contributed by atoms with Gasteiger partial charge in [0, 0.05) is 13.3 Å². The van der Waals surface area contributed by atoms with Gasteiger partial charge in [-0.25, -0.2) is 0 Å². The van der Waals surface area contributed by atoms with Gasteiger partial charge in [0.05, 0.1) is 5.57 Å². The molecule has 8 heavy (non-hydrogen) atoms. The van der Waals surface area contributed by atoms with Gasteiger partial charge in [0.1, 0.15) is 6.07 Å². The van der Waals surface area contributed by atoms with E-state index in [0.29, 0.717) is 5.57 Å². The van der Waals surface area contributed by atoms with Crippen molar-refractivity contribution in [3.8, 4) is 6.07 Å². The molecule has 0 amide bonds. The summed E-state index contributed by atoms with van der Waals surface area (Å²) < 4.78 is 0. The monoisotopic (exact) mass is 108 g/mol. The second-order valence-electron chi connectivity index (χ2n) is 1.24. The second-order valence-corrected chi connectivity index (χ2v) is 1.24. The molecule has 0 aromatic heterocycles. The zero-order valence-corrected chi connectivity index (χ0v) is 5.05. The maximum absolute atomic E-state index is 8.25. The standard InChI is InChI=1S/C6H8N2/c1-3-6(4-7)5-8-2/h3,5H,1-2H3/b6-3-,8-5?. The smallest absolute Gasteiger partial charge is 0.100 e. The topological polar surface area (TPSA) is 36.1 Å². The molecule has 0 aliphatic rings. The van der Waals surface area contributed by atoms with Crippen LogP contribution in [0.3, 0.4) is 0 Å². The molecule has 0 rings (SSSR count). The first-order valence-electron chi connectivity index (χ1n) is 2.33. The van der Waals surface area contributed by atoms with Crippen LogP contribution in [0.4, 0.5) is 0 Å². The van der Waals surface area contributed by atoms with E-state index in [1.165, 1.54) is 6.21 Å². The van der Waals surface area contributed by atoms with Crippen molar-refractivity contribution in [2.45, 2.75) is 6.92 Å². The van der Waals surface area contributed by atoms with Gasteiger partial charge in [-0.2, -0.15) is 5.26 Å². The van der Waals surface area contributed by atoms with Crippen LogP contribution >= 0.6 is 0 Å². The van der Waals surface area contributed by atoms with Crippen LogP contribution in [0.15, 0.2) is 16.6 Å². The Morgan fingerprint density at radius 3 is 2.50 bits per heavy atom. The van der Waals surface area contributed by atoms with Crippen LogP contribution < -0.4 is 0 Å². The van der Waals surface area contributed by atoms with Gasteiger partial charge in [-0.15, -0.1) is 0 Å². The molecule has 0 aromatic rings. The van der Waals surface area contributed by atoms with E-state index in [0.717, 1.165) is 0 Å². The summed E-state index contributed by atoms with van der Waals surface area (Å²) in [6, 6.07) is 1.96. The normalized spacial score (nSPS) is 11.9. The molecule has 0 aliphatic carbocycles. The molecule has 0 aromatic carbocycles. The highest BCUT2D eigenvalue weighted by atomic mass is 14.6. The molecular weight excluding hydrogens is 100 g/mol. The Hall–Kier alpha value is -1.10. The Morgan fingerprint density at radius 2 is 2.38 bits per heavy atom. The third kappa shape index (κ3) is 2.14. The van der Waals surface area contributed by atoms with Gasteiger partial charge >= 0.3 is 0 Å². The van der Waals surface area contributed by atoms with Crippen molar-refractivity contribution in [2.75, 3.05) is 7.05 Å². The van der Waals surface area contributed by atoms with E-state index in [1.54, 1.807) is 20.0 Å². The van der Waals surface area contributed by atoms with Crippen molar-refractivity contribution < 1.29 is 0 Å². The van der Waals surface area contributed by atoms with Gasteiger partial charge in [0.2, 0.25) is 0 Å². The summed E-state index contributed by atoms with van der Waals surface area (Å²) in [6.45, 7) is 1.81. The lowest BCUT2D eigenvalue weighted by atomic mass is 10.3. The Labute approximate surface area is 49.2 Å². The lowest BCUT2D eigenvalue weighted by Gasteiger charge is -1.77. The molecule has 0 radical (unpaired) electrons. The molecule has 0 saturated heterocycles. The van der Waals surface area contributed by atoms with Gasteiger partial charge in [-0.1, -0.05) is 6.08 Å². The molecule has 0 N–H and O–H groups in total. The number of nitriles is 1. The summed E-state index contributed by atoms with van der Waals surface area (Å²) in [5.41, 5.74) is 0.604. The van der Waals surface area contributed by atoms with Crippen molar-refractivity contribution in [1.82, 2.24) is 0 Å². The summed E-state index contributed by atoms with van der Waals surface area (Å²) in [5, 5.41) is 8.25. The third-order valence-electron chi connectivity index (χ3n) is 0.708. The molecule has 0 saturated carbocycles. The fourth-order valence-corrected chi connectivity index (χ4v) is 0.307. The molecular formula is C6H8N2. The van der Waals surface area contributed by atoms with Crippen molar-refractivity contribution in [3.63, 3.8) is 0 Å². The molecule has 2 heteroatoms. The maximum atomic E-state index is 8.25. The van der Waals surface area contributed by atoms with Crippen molar-refractivity contribution >= 4 is 6.21 Å².